The lowest BCUT2D eigenvalue weighted by molar-refractivity contribution is -0.136. The quantitative estimate of drug-likeness (QED) is 0.386. The van der Waals surface area contributed by atoms with Gasteiger partial charge in [-0.25, -0.2) is 8.78 Å². The molecule has 2 amide bonds. The molecule has 38 heavy (non-hydrogen) atoms. The van der Waals surface area contributed by atoms with Gasteiger partial charge in [0, 0.05) is 38.0 Å². The van der Waals surface area contributed by atoms with E-state index in [0.717, 1.165) is 38.8 Å². The summed E-state index contributed by atoms with van der Waals surface area (Å²) in [6.07, 6.45) is 4.80. The van der Waals surface area contributed by atoms with Crippen LogP contribution in [0.25, 0.3) is 11.3 Å². The summed E-state index contributed by atoms with van der Waals surface area (Å²) in [4.78, 5) is 30.4. The van der Waals surface area contributed by atoms with Gasteiger partial charge in [-0.15, -0.1) is 0 Å². The second-order valence-corrected chi connectivity index (χ2v) is 10.3. The van der Waals surface area contributed by atoms with Crippen molar-refractivity contribution in [2.45, 2.75) is 38.5 Å². The second-order valence-electron chi connectivity index (χ2n) is 10.3. The first-order chi connectivity index (χ1) is 18.4. The van der Waals surface area contributed by atoms with E-state index in [9.17, 15) is 18.4 Å². The van der Waals surface area contributed by atoms with Crippen LogP contribution in [0.15, 0.2) is 65.1 Å². The number of carbonyl (C=O) groups excluding carboxylic acids is 2. The van der Waals surface area contributed by atoms with Crippen molar-refractivity contribution in [2.75, 3.05) is 32.8 Å². The molecule has 0 bridgehead atoms. The molecule has 8 heteroatoms. The predicted octanol–water partition coefficient (Wildman–Crippen LogP) is 5.93. The number of ether oxygens (including phenoxy) is 1. The van der Waals surface area contributed by atoms with Crippen LogP contribution in [0.1, 0.15) is 49.1 Å². The number of rotatable bonds is 7. The van der Waals surface area contributed by atoms with E-state index in [-0.39, 0.29) is 42.2 Å². The van der Waals surface area contributed by atoms with E-state index < -0.39 is 11.2 Å². The largest absolute Gasteiger partial charge is 0.493 e. The fraction of sp³-hybridized carbons (Fsp3) is 0.400. The van der Waals surface area contributed by atoms with Crippen molar-refractivity contribution >= 4 is 11.8 Å². The zero-order valence-electron chi connectivity index (χ0n) is 21.3. The summed E-state index contributed by atoms with van der Waals surface area (Å²) in [5.74, 6) is -0.0805. The van der Waals surface area contributed by atoms with Crippen LogP contribution in [0, 0.1) is 17.0 Å². The Bertz CT molecular complexity index is 1270. The molecule has 5 rings (SSSR count). The number of halogens is 2. The van der Waals surface area contributed by atoms with Gasteiger partial charge in [0.05, 0.1) is 12.2 Å². The molecule has 2 fully saturated rings. The lowest BCUT2D eigenvalue weighted by Gasteiger charge is -2.43. The van der Waals surface area contributed by atoms with Crippen molar-refractivity contribution in [1.29, 1.82) is 0 Å². The number of nitrogens with zero attached hydrogens (tertiary/aromatic N) is 2. The number of hydrogen-bond donors (Lipinski definition) is 0. The number of amides is 2. The van der Waals surface area contributed by atoms with Crippen LogP contribution >= 0.6 is 0 Å². The Kier molecular flexibility index (Phi) is 7.77. The molecule has 2 saturated heterocycles. The van der Waals surface area contributed by atoms with E-state index >= 15 is 0 Å². The number of likely N-dealkylation sites (tertiary alicyclic amines) is 2. The Morgan fingerprint density at radius 2 is 1.61 bits per heavy atom. The Labute approximate surface area is 221 Å². The molecule has 0 unspecified atom stereocenters. The lowest BCUT2D eigenvalue weighted by Crippen LogP contribution is -2.51. The van der Waals surface area contributed by atoms with Crippen LogP contribution in [0.4, 0.5) is 8.78 Å². The summed E-state index contributed by atoms with van der Waals surface area (Å²) in [6.45, 7) is 2.57. The van der Waals surface area contributed by atoms with Gasteiger partial charge in [-0.2, -0.15) is 0 Å². The fourth-order valence-electron chi connectivity index (χ4n) is 5.45. The summed E-state index contributed by atoms with van der Waals surface area (Å²) in [5.41, 5.74) is -0.308. The monoisotopic (exact) mass is 522 g/mol. The van der Waals surface area contributed by atoms with Crippen molar-refractivity contribution < 1.29 is 27.5 Å². The number of carbonyl (C=O) groups is 2. The van der Waals surface area contributed by atoms with Crippen molar-refractivity contribution in [3.8, 4) is 17.1 Å². The van der Waals surface area contributed by atoms with Crippen molar-refractivity contribution in [3.05, 3.63) is 78.1 Å². The van der Waals surface area contributed by atoms with E-state index in [2.05, 4.69) is 0 Å². The Morgan fingerprint density at radius 1 is 0.868 bits per heavy atom. The van der Waals surface area contributed by atoms with Crippen LogP contribution in [0.3, 0.4) is 0 Å². The number of benzene rings is 2. The first-order valence-corrected chi connectivity index (χ1v) is 13.2. The molecule has 3 heterocycles. The molecule has 200 valence electrons. The second kappa shape index (κ2) is 11.4. The molecular formula is C30H32F2N2O4. The molecule has 1 aromatic heterocycles. The third kappa shape index (κ3) is 5.90. The third-order valence-electron chi connectivity index (χ3n) is 7.50. The average molecular weight is 523 g/mol. The summed E-state index contributed by atoms with van der Waals surface area (Å²) in [5, 5.41) is 0. The van der Waals surface area contributed by atoms with Crippen LogP contribution in [0.2, 0.25) is 0 Å². The normalized spacial score (nSPS) is 19.8. The van der Waals surface area contributed by atoms with E-state index in [1.807, 2.05) is 4.90 Å². The van der Waals surface area contributed by atoms with Crippen molar-refractivity contribution in [1.82, 2.24) is 9.80 Å². The minimum atomic E-state index is -0.599. The van der Waals surface area contributed by atoms with Gasteiger partial charge in [-0.05, 0) is 80.6 Å². The molecule has 6 nitrogen and oxygen atoms in total. The summed E-state index contributed by atoms with van der Waals surface area (Å²) >= 11 is 0. The first kappa shape index (κ1) is 25.9. The van der Waals surface area contributed by atoms with Gasteiger partial charge in [0.15, 0.2) is 5.76 Å². The highest BCUT2D eigenvalue weighted by Gasteiger charge is 2.41. The molecule has 1 atom stereocenters. The molecule has 2 aliphatic heterocycles. The number of piperidine rings is 2. The van der Waals surface area contributed by atoms with E-state index in [1.54, 1.807) is 47.4 Å². The minimum absolute atomic E-state index is 0.0709. The Balaban J connectivity index is 1.34. The summed E-state index contributed by atoms with van der Waals surface area (Å²) < 4.78 is 39.5. The van der Waals surface area contributed by atoms with Crippen LogP contribution in [0.5, 0.6) is 5.75 Å². The minimum Gasteiger partial charge on any atom is -0.493 e. The van der Waals surface area contributed by atoms with Crippen molar-refractivity contribution in [3.63, 3.8) is 0 Å². The summed E-state index contributed by atoms with van der Waals surface area (Å²) in [7, 11) is 0. The topological polar surface area (TPSA) is 63.0 Å². The van der Waals surface area contributed by atoms with Crippen molar-refractivity contribution in [2.24, 2.45) is 5.41 Å². The first-order valence-electron chi connectivity index (χ1n) is 13.2. The molecule has 2 aromatic carbocycles. The van der Waals surface area contributed by atoms with Gasteiger partial charge in [-0.1, -0.05) is 12.1 Å². The molecule has 2 aliphatic rings. The predicted molar refractivity (Wildman–Crippen MR) is 139 cm³/mol. The van der Waals surface area contributed by atoms with Gasteiger partial charge in [0.2, 0.25) is 5.91 Å². The maximum atomic E-state index is 14.2. The van der Waals surface area contributed by atoms with E-state index in [0.29, 0.717) is 30.8 Å². The van der Waals surface area contributed by atoms with E-state index in [1.165, 1.54) is 18.2 Å². The molecule has 0 aliphatic carbocycles. The van der Waals surface area contributed by atoms with Gasteiger partial charge < -0.3 is 19.0 Å². The van der Waals surface area contributed by atoms with Gasteiger partial charge >= 0.3 is 0 Å². The zero-order chi connectivity index (χ0) is 26.5. The highest BCUT2D eigenvalue weighted by molar-refractivity contribution is 5.92. The maximum absolute atomic E-state index is 14.2. The Hall–Kier alpha value is -3.68. The fourth-order valence-corrected chi connectivity index (χ4v) is 5.45. The molecule has 3 aromatic rings. The van der Waals surface area contributed by atoms with Crippen LogP contribution < -0.4 is 4.74 Å². The van der Waals surface area contributed by atoms with Gasteiger partial charge in [-0.3, -0.25) is 9.59 Å². The standard InChI is InChI=1S/C30H32F2N2O4/c31-22-9-11-23(12-10-22)37-21-30(19-28(35)33-16-4-1-5-17-33)15-6-18-34(20-30)29(36)27-14-13-26(38-27)24-7-2-3-8-25(24)32/h2-3,7-14H,1,4-6,15-21H2/t30-/m1/s1. The third-order valence-corrected chi connectivity index (χ3v) is 7.50. The average Bonchev–Trinajstić information content (AvgIpc) is 3.43. The molecule has 0 radical (unpaired) electrons. The smallest absolute Gasteiger partial charge is 0.289 e. The molecule has 0 saturated carbocycles. The molecule has 0 spiro atoms. The number of hydrogen-bond acceptors (Lipinski definition) is 4. The summed E-state index contributed by atoms with van der Waals surface area (Å²) in [6, 6.07) is 15.2. The molecular weight excluding hydrogens is 490 g/mol. The molecule has 0 N–H and O–H groups in total. The maximum Gasteiger partial charge on any atom is 0.289 e. The van der Waals surface area contributed by atoms with Crippen LogP contribution in [-0.4, -0.2) is 54.4 Å². The lowest BCUT2D eigenvalue weighted by atomic mass is 9.77. The SMILES string of the molecule is O=C(C[C@]1(COc2ccc(F)cc2)CCCN(C(=O)c2ccc(-c3ccccc3F)o2)C1)N1CCCCC1. The van der Waals surface area contributed by atoms with Gasteiger partial charge in [0.25, 0.3) is 5.91 Å². The van der Waals surface area contributed by atoms with Gasteiger partial charge in [0.1, 0.15) is 23.1 Å². The highest BCUT2D eigenvalue weighted by Crippen LogP contribution is 2.37. The van der Waals surface area contributed by atoms with Crippen LogP contribution in [-0.2, 0) is 4.79 Å². The highest BCUT2D eigenvalue weighted by atomic mass is 19.1. The Morgan fingerprint density at radius 3 is 2.37 bits per heavy atom. The van der Waals surface area contributed by atoms with E-state index in [4.69, 9.17) is 9.15 Å². The number of furan rings is 1. The zero-order valence-corrected chi connectivity index (χ0v) is 21.3.